The standard InChI is InChI=1S/C19H19N3O7/c1-29-16-8-7-14(22(27)28)9-13(16)10-15(19(25)26)21-17(23)11-20-18(24)12-5-3-2-4-6-12/h2-9,15H,10-11H2,1H3,(H,20,24)(H,21,23)(H,25,26)/t15-/m0/s1. The predicted molar refractivity (Wildman–Crippen MR) is 102 cm³/mol. The number of methoxy groups -OCH3 is 1. The number of benzene rings is 2. The number of hydrogen-bond donors (Lipinski definition) is 3. The van der Waals surface area contributed by atoms with Crippen molar-refractivity contribution in [3.05, 3.63) is 69.8 Å². The summed E-state index contributed by atoms with van der Waals surface area (Å²) in [6.07, 6.45) is -0.238. The zero-order valence-corrected chi connectivity index (χ0v) is 15.5. The second-order valence-corrected chi connectivity index (χ2v) is 5.96. The molecule has 0 aliphatic carbocycles. The zero-order valence-electron chi connectivity index (χ0n) is 15.5. The van der Waals surface area contributed by atoms with Crippen LogP contribution in [0.15, 0.2) is 48.5 Å². The van der Waals surface area contributed by atoms with Gasteiger partial charge in [-0.15, -0.1) is 0 Å². The van der Waals surface area contributed by atoms with E-state index in [9.17, 15) is 29.6 Å². The highest BCUT2D eigenvalue weighted by Crippen LogP contribution is 2.25. The Hall–Kier alpha value is -3.95. The van der Waals surface area contributed by atoms with Crippen molar-refractivity contribution in [2.45, 2.75) is 12.5 Å². The summed E-state index contributed by atoms with van der Waals surface area (Å²) < 4.78 is 5.11. The van der Waals surface area contributed by atoms with Gasteiger partial charge in [0, 0.05) is 29.7 Å². The van der Waals surface area contributed by atoms with Gasteiger partial charge in [0.25, 0.3) is 11.6 Å². The van der Waals surface area contributed by atoms with Crippen LogP contribution in [0.3, 0.4) is 0 Å². The molecule has 0 aromatic heterocycles. The number of nitro groups is 1. The van der Waals surface area contributed by atoms with E-state index in [2.05, 4.69) is 10.6 Å². The Kier molecular flexibility index (Phi) is 7.24. The molecule has 152 valence electrons. The van der Waals surface area contributed by atoms with Crippen LogP contribution in [0.4, 0.5) is 5.69 Å². The van der Waals surface area contributed by atoms with Crippen LogP contribution in [-0.4, -0.2) is 47.5 Å². The lowest BCUT2D eigenvalue weighted by molar-refractivity contribution is -0.384. The van der Waals surface area contributed by atoms with Crippen molar-refractivity contribution in [2.24, 2.45) is 0 Å². The number of nitro benzene ring substituents is 1. The molecule has 2 amide bonds. The summed E-state index contributed by atoms with van der Waals surface area (Å²) in [5.74, 6) is -2.27. The molecule has 0 unspecified atom stereocenters. The van der Waals surface area contributed by atoms with Gasteiger partial charge < -0.3 is 20.5 Å². The molecule has 2 rings (SSSR count). The lowest BCUT2D eigenvalue weighted by Crippen LogP contribution is -2.46. The molecule has 2 aromatic rings. The summed E-state index contributed by atoms with van der Waals surface area (Å²) in [6.45, 7) is -0.427. The van der Waals surface area contributed by atoms with E-state index >= 15 is 0 Å². The number of carbonyl (C=O) groups is 3. The first kappa shape index (κ1) is 21.4. The number of carboxylic acid groups (broad SMARTS) is 1. The van der Waals surface area contributed by atoms with Crippen molar-refractivity contribution >= 4 is 23.5 Å². The average Bonchev–Trinajstić information content (AvgIpc) is 2.71. The second kappa shape index (κ2) is 9.83. The second-order valence-electron chi connectivity index (χ2n) is 5.96. The summed E-state index contributed by atoms with van der Waals surface area (Å²) >= 11 is 0. The zero-order chi connectivity index (χ0) is 21.4. The van der Waals surface area contributed by atoms with Gasteiger partial charge in [-0.3, -0.25) is 19.7 Å². The average molecular weight is 401 g/mol. The molecule has 0 bridgehead atoms. The molecule has 0 aliphatic heterocycles. The minimum atomic E-state index is -1.37. The Bertz CT molecular complexity index is 915. The van der Waals surface area contributed by atoms with Crippen molar-refractivity contribution in [3.63, 3.8) is 0 Å². The fourth-order valence-electron chi connectivity index (χ4n) is 2.56. The molecule has 0 heterocycles. The molecule has 10 heteroatoms. The number of ether oxygens (including phenoxy) is 1. The summed E-state index contributed by atoms with van der Waals surface area (Å²) in [6, 6.07) is 10.6. The number of non-ortho nitro benzene ring substituents is 1. The molecule has 3 N–H and O–H groups in total. The molecule has 0 fully saturated rings. The molecule has 0 saturated carbocycles. The van der Waals surface area contributed by atoms with Crippen molar-refractivity contribution in [3.8, 4) is 5.75 Å². The van der Waals surface area contributed by atoms with Crippen molar-refractivity contribution in [1.29, 1.82) is 0 Å². The van der Waals surface area contributed by atoms with Gasteiger partial charge in [0.15, 0.2) is 0 Å². The molecule has 0 radical (unpaired) electrons. The molecule has 0 saturated heterocycles. The number of carboxylic acids is 1. The molecule has 2 aromatic carbocycles. The Balaban J connectivity index is 2.04. The summed E-state index contributed by atoms with van der Waals surface area (Å²) in [5, 5.41) is 25.0. The van der Waals surface area contributed by atoms with Crippen molar-refractivity contribution in [2.75, 3.05) is 13.7 Å². The Morgan fingerprint density at radius 2 is 1.86 bits per heavy atom. The lowest BCUT2D eigenvalue weighted by Gasteiger charge is -2.16. The Morgan fingerprint density at radius 3 is 2.45 bits per heavy atom. The van der Waals surface area contributed by atoms with Gasteiger partial charge in [-0.1, -0.05) is 18.2 Å². The van der Waals surface area contributed by atoms with E-state index in [1.54, 1.807) is 30.3 Å². The fraction of sp³-hybridized carbons (Fsp3) is 0.211. The molecule has 0 spiro atoms. The van der Waals surface area contributed by atoms with Gasteiger partial charge in [0.1, 0.15) is 11.8 Å². The first-order valence-corrected chi connectivity index (χ1v) is 8.48. The van der Waals surface area contributed by atoms with Gasteiger partial charge >= 0.3 is 5.97 Å². The fourth-order valence-corrected chi connectivity index (χ4v) is 2.56. The van der Waals surface area contributed by atoms with Crippen LogP contribution in [0.5, 0.6) is 5.75 Å². The van der Waals surface area contributed by atoms with E-state index in [4.69, 9.17) is 4.74 Å². The maximum atomic E-state index is 12.1. The van der Waals surface area contributed by atoms with E-state index in [0.29, 0.717) is 5.56 Å². The third kappa shape index (κ3) is 6.03. The van der Waals surface area contributed by atoms with E-state index < -0.39 is 35.3 Å². The highest BCUT2D eigenvalue weighted by molar-refractivity contribution is 5.96. The topological polar surface area (TPSA) is 148 Å². The number of rotatable bonds is 9. The first-order chi connectivity index (χ1) is 13.8. The van der Waals surface area contributed by atoms with Crippen LogP contribution >= 0.6 is 0 Å². The maximum absolute atomic E-state index is 12.1. The van der Waals surface area contributed by atoms with Gasteiger partial charge in [-0.25, -0.2) is 4.79 Å². The van der Waals surface area contributed by atoms with Gasteiger partial charge in [0.2, 0.25) is 5.91 Å². The van der Waals surface area contributed by atoms with Crippen LogP contribution in [-0.2, 0) is 16.0 Å². The Morgan fingerprint density at radius 1 is 1.17 bits per heavy atom. The first-order valence-electron chi connectivity index (χ1n) is 8.48. The monoisotopic (exact) mass is 401 g/mol. The normalized spacial score (nSPS) is 11.2. The summed E-state index contributed by atoms with van der Waals surface area (Å²) in [7, 11) is 1.35. The molecule has 0 aliphatic rings. The van der Waals surface area contributed by atoms with Crippen LogP contribution < -0.4 is 15.4 Å². The molecule has 1 atom stereocenters. The summed E-state index contributed by atoms with van der Waals surface area (Å²) in [5.41, 5.74) is 0.380. The number of aliphatic carboxylic acids is 1. The molecular weight excluding hydrogens is 382 g/mol. The largest absolute Gasteiger partial charge is 0.496 e. The maximum Gasteiger partial charge on any atom is 0.326 e. The quantitative estimate of drug-likeness (QED) is 0.421. The molecular formula is C19H19N3O7. The highest BCUT2D eigenvalue weighted by Gasteiger charge is 2.23. The van der Waals surface area contributed by atoms with E-state index in [0.717, 1.165) is 0 Å². The number of carbonyl (C=O) groups excluding carboxylic acids is 2. The highest BCUT2D eigenvalue weighted by atomic mass is 16.6. The summed E-state index contributed by atoms with van der Waals surface area (Å²) in [4.78, 5) is 45.9. The SMILES string of the molecule is COc1ccc([N+](=O)[O-])cc1C[C@H](NC(=O)CNC(=O)c1ccccc1)C(=O)O. The predicted octanol–water partition coefficient (Wildman–Crippen LogP) is 1.15. The number of nitrogens with one attached hydrogen (secondary N) is 2. The third-order valence-corrected chi connectivity index (χ3v) is 3.98. The van der Waals surface area contributed by atoms with Gasteiger partial charge in [-0.2, -0.15) is 0 Å². The van der Waals surface area contributed by atoms with Crippen LogP contribution in [0.1, 0.15) is 15.9 Å². The van der Waals surface area contributed by atoms with Gasteiger partial charge in [-0.05, 0) is 18.2 Å². The number of hydrogen-bond acceptors (Lipinski definition) is 6. The van der Waals surface area contributed by atoms with E-state index in [1.165, 1.54) is 25.3 Å². The molecule has 10 nitrogen and oxygen atoms in total. The van der Waals surface area contributed by atoms with E-state index in [1.807, 2.05) is 0 Å². The minimum Gasteiger partial charge on any atom is -0.496 e. The number of nitrogens with zero attached hydrogens (tertiary/aromatic N) is 1. The van der Waals surface area contributed by atoms with Crippen LogP contribution in [0, 0.1) is 10.1 Å². The number of amides is 2. The van der Waals surface area contributed by atoms with Crippen LogP contribution in [0.25, 0.3) is 0 Å². The smallest absolute Gasteiger partial charge is 0.326 e. The lowest BCUT2D eigenvalue weighted by atomic mass is 10.0. The third-order valence-electron chi connectivity index (χ3n) is 3.98. The van der Waals surface area contributed by atoms with E-state index in [-0.39, 0.29) is 23.4 Å². The van der Waals surface area contributed by atoms with Crippen molar-refractivity contribution in [1.82, 2.24) is 10.6 Å². The van der Waals surface area contributed by atoms with Crippen LogP contribution in [0.2, 0.25) is 0 Å². The van der Waals surface area contributed by atoms with Crippen molar-refractivity contribution < 1.29 is 29.2 Å². The van der Waals surface area contributed by atoms with Gasteiger partial charge in [0.05, 0.1) is 18.6 Å². The Labute approximate surface area is 165 Å². The molecule has 29 heavy (non-hydrogen) atoms. The minimum absolute atomic E-state index is 0.230.